The zero-order valence-corrected chi connectivity index (χ0v) is 11.3. The molecule has 2 atom stereocenters. The van der Waals surface area contributed by atoms with Crippen LogP contribution >= 0.6 is 11.8 Å². The third kappa shape index (κ3) is 6.48. The topological polar surface area (TPSA) is 104 Å². The van der Waals surface area contributed by atoms with Gasteiger partial charge in [0.15, 0.2) is 0 Å². The molecule has 18 heavy (non-hydrogen) atoms. The standard InChI is InChI=1S/C11H19NO5S/c1-3-4-5-18-6-8(11(16)17)12-9(13)7(2)10(14)15/h7-8H,3-6H2,1-2H3,(H,12,13)(H,14,15)(H,16,17). The highest BCUT2D eigenvalue weighted by Crippen LogP contribution is 2.07. The van der Waals surface area contributed by atoms with Crippen molar-refractivity contribution in [3.8, 4) is 0 Å². The fourth-order valence-electron chi connectivity index (χ4n) is 1.03. The summed E-state index contributed by atoms with van der Waals surface area (Å²) >= 11 is 1.43. The Hall–Kier alpha value is -1.24. The van der Waals surface area contributed by atoms with Crippen molar-refractivity contribution in [2.75, 3.05) is 11.5 Å². The van der Waals surface area contributed by atoms with Gasteiger partial charge in [-0.2, -0.15) is 11.8 Å². The van der Waals surface area contributed by atoms with Crippen molar-refractivity contribution >= 4 is 29.6 Å². The molecule has 0 rings (SSSR count). The number of rotatable bonds is 9. The molecule has 0 bridgehead atoms. The molecule has 3 N–H and O–H groups in total. The van der Waals surface area contributed by atoms with E-state index in [2.05, 4.69) is 5.32 Å². The van der Waals surface area contributed by atoms with Crippen LogP contribution in [-0.4, -0.2) is 45.6 Å². The summed E-state index contributed by atoms with van der Waals surface area (Å²) in [5.74, 6) is -3.36. The lowest BCUT2D eigenvalue weighted by molar-refractivity contribution is -0.148. The van der Waals surface area contributed by atoms with Crippen molar-refractivity contribution in [2.45, 2.75) is 32.7 Å². The molecule has 0 aliphatic heterocycles. The fourth-order valence-corrected chi connectivity index (χ4v) is 2.15. The van der Waals surface area contributed by atoms with Crippen LogP contribution in [0.3, 0.4) is 0 Å². The van der Waals surface area contributed by atoms with Gasteiger partial charge < -0.3 is 15.5 Å². The van der Waals surface area contributed by atoms with Gasteiger partial charge >= 0.3 is 11.9 Å². The summed E-state index contributed by atoms with van der Waals surface area (Å²) in [5.41, 5.74) is 0. The van der Waals surface area contributed by atoms with E-state index in [0.29, 0.717) is 0 Å². The maximum Gasteiger partial charge on any atom is 0.327 e. The molecule has 7 heteroatoms. The molecule has 0 aromatic heterocycles. The highest BCUT2D eigenvalue weighted by Gasteiger charge is 2.26. The zero-order valence-electron chi connectivity index (χ0n) is 10.5. The molecule has 1 amide bonds. The molecule has 0 saturated heterocycles. The lowest BCUT2D eigenvalue weighted by Gasteiger charge is -2.15. The highest BCUT2D eigenvalue weighted by molar-refractivity contribution is 7.99. The predicted octanol–water partition coefficient (Wildman–Crippen LogP) is 0.810. The molecule has 0 aliphatic carbocycles. The summed E-state index contributed by atoms with van der Waals surface area (Å²) in [6.07, 6.45) is 2.00. The Balaban J connectivity index is 4.23. The van der Waals surface area contributed by atoms with Crippen LogP contribution in [0.1, 0.15) is 26.7 Å². The summed E-state index contributed by atoms with van der Waals surface area (Å²) in [6, 6.07) is -1.04. The third-order valence-electron chi connectivity index (χ3n) is 2.31. The van der Waals surface area contributed by atoms with Crippen LogP contribution in [0.2, 0.25) is 0 Å². The molecule has 0 heterocycles. The van der Waals surface area contributed by atoms with E-state index < -0.39 is 29.8 Å². The minimum atomic E-state index is -1.27. The SMILES string of the molecule is CCCCSCC(NC(=O)C(C)C(=O)O)C(=O)O. The number of thioether (sulfide) groups is 1. The average molecular weight is 277 g/mol. The smallest absolute Gasteiger partial charge is 0.327 e. The molecular formula is C11H19NO5S. The summed E-state index contributed by atoms with van der Waals surface area (Å²) in [7, 11) is 0. The van der Waals surface area contributed by atoms with E-state index in [1.807, 2.05) is 6.92 Å². The fraction of sp³-hybridized carbons (Fsp3) is 0.727. The first-order valence-electron chi connectivity index (χ1n) is 5.73. The number of unbranched alkanes of at least 4 members (excludes halogenated alkanes) is 1. The Kier molecular flexibility index (Phi) is 8.19. The number of hydrogen-bond acceptors (Lipinski definition) is 4. The molecule has 0 aromatic rings. The van der Waals surface area contributed by atoms with Crippen LogP contribution in [0.15, 0.2) is 0 Å². The Morgan fingerprint density at radius 1 is 1.22 bits per heavy atom. The number of carboxylic acids is 2. The summed E-state index contributed by atoms with van der Waals surface area (Å²) in [6.45, 7) is 3.26. The van der Waals surface area contributed by atoms with Crippen molar-refractivity contribution < 1.29 is 24.6 Å². The monoisotopic (exact) mass is 277 g/mol. The Bertz CT molecular complexity index is 308. The average Bonchev–Trinajstić information content (AvgIpc) is 2.31. The van der Waals surface area contributed by atoms with Gasteiger partial charge in [-0.3, -0.25) is 9.59 Å². The first-order valence-corrected chi connectivity index (χ1v) is 6.89. The van der Waals surface area contributed by atoms with E-state index in [4.69, 9.17) is 10.2 Å². The number of nitrogens with one attached hydrogen (secondary N) is 1. The van der Waals surface area contributed by atoms with Gasteiger partial charge in [0, 0.05) is 5.75 Å². The minimum absolute atomic E-state index is 0.243. The molecule has 0 fully saturated rings. The first-order chi connectivity index (χ1) is 8.40. The Labute approximate surface area is 110 Å². The van der Waals surface area contributed by atoms with Crippen molar-refractivity contribution in [3.63, 3.8) is 0 Å². The number of hydrogen-bond donors (Lipinski definition) is 3. The van der Waals surface area contributed by atoms with Crippen molar-refractivity contribution in [1.29, 1.82) is 0 Å². The van der Waals surface area contributed by atoms with Crippen LogP contribution in [0, 0.1) is 5.92 Å². The molecule has 6 nitrogen and oxygen atoms in total. The van der Waals surface area contributed by atoms with E-state index in [0.717, 1.165) is 18.6 Å². The molecule has 2 unspecified atom stereocenters. The molecule has 0 saturated carbocycles. The third-order valence-corrected chi connectivity index (χ3v) is 3.45. The van der Waals surface area contributed by atoms with Gasteiger partial charge in [-0.05, 0) is 19.1 Å². The second kappa shape index (κ2) is 8.79. The highest BCUT2D eigenvalue weighted by atomic mass is 32.2. The van der Waals surface area contributed by atoms with Gasteiger partial charge in [0.1, 0.15) is 12.0 Å². The van der Waals surface area contributed by atoms with Gasteiger partial charge in [-0.15, -0.1) is 0 Å². The largest absolute Gasteiger partial charge is 0.481 e. The number of aliphatic carboxylic acids is 2. The summed E-state index contributed by atoms with van der Waals surface area (Å²) < 4.78 is 0. The number of amides is 1. The lowest BCUT2D eigenvalue weighted by Crippen LogP contribution is -2.46. The number of carbonyl (C=O) groups is 3. The Morgan fingerprint density at radius 2 is 1.83 bits per heavy atom. The maximum absolute atomic E-state index is 11.4. The van der Waals surface area contributed by atoms with Gasteiger partial charge in [0.05, 0.1) is 0 Å². The van der Waals surface area contributed by atoms with Gasteiger partial charge in [0.2, 0.25) is 5.91 Å². The number of carbonyl (C=O) groups excluding carboxylic acids is 1. The lowest BCUT2D eigenvalue weighted by atomic mass is 10.1. The van der Waals surface area contributed by atoms with Gasteiger partial charge in [0.25, 0.3) is 0 Å². The molecule has 0 spiro atoms. The molecular weight excluding hydrogens is 258 g/mol. The van der Waals surface area contributed by atoms with Crippen LogP contribution in [0.5, 0.6) is 0 Å². The van der Waals surface area contributed by atoms with Crippen LogP contribution in [0.4, 0.5) is 0 Å². The summed E-state index contributed by atoms with van der Waals surface area (Å²) in [5, 5.41) is 19.8. The normalized spacial score (nSPS) is 13.7. The first kappa shape index (κ1) is 16.8. The zero-order chi connectivity index (χ0) is 14.1. The molecule has 0 aliphatic rings. The molecule has 0 aromatic carbocycles. The minimum Gasteiger partial charge on any atom is -0.481 e. The van der Waals surface area contributed by atoms with E-state index >= 15 is 0 Å². The van der Waals surface area contributed by atoms with Gasteiger partial charge in [-0.1, -0.05) is 13.3 Å². The molecule has 104 valence electrons. The van der Waals surface area contributed by atoms with Crippen molar-refractivity contribution in [2.24, 2.45) is 5.92 Å². The van der Waals surface area contributed by atoms with Crippen molar-refractivity contribution in [3.05, 3.63) is 0 Å². The summed E-state index contributed by atoms with van der Waals surface area (Å²) in [4.78, 5) is 32.9. The van der Waals surface area contributed by atoms with Crippen LogP contribution in [-0.2, 0) is 14.4 Å². The second-order valence-electron chi connectivity index (χ2n) is 3.89. The van der Waals surface area contributed by atoms with Crippen LogP contribution in [0.25, 0.3) is 0 Å². The maximum atomic E-state index is 11.4. The van der Waals surface area contributed by atoms with E-state index in [1.165, 1.54) is 18.7 Å². The van der Waals surface area contributed by atoms with E-state index in [9.17, 15) is 14.4 Å². The molecule has 0 radical (unpaired) electrons. The number of carboxylic acid groups (broad SMARTS) is 2. The second-order valence-corrected chi connectivity index (χ2v) is 5.04. The predicted molar refractivity (Wildman–Crippen MR) is 68.6 cm³/mol. The van der Waals surface area contributed by atoms with Gasteiger partial charge in [-0.25, -0.2) is 4.79 Å². The van der Waals surface area contributed by atoms with Crippen LogP contribution < -0.4 is 5.32 Å². The Morgan fingerprint density at radius 3 is 2.28 bits per heavy atom. The quantitative estimate of drug-likeness (QED) is 0.425. The van der Waals surface area contributed by atoms with Crippen molar-refractivity contribution in [1.82, 2.24) is 5.32 Å². The van der Waals surface area contributed by atoms with E-state index in [1.54, 1.807) is 0 Å². The van der Waals surface area contributed by atoms with E-state index in [-0.39, 0.29) is 5.75 Å².